The molecule has 1 aliphatic heterocycles. The number of benzene rings is 2. The number of sulfonamides is 1. The lowest BCUT2D eigenvalue weighted by molar-refractivity contribution is -0.121. The van der Waals surface area contributed by atoms with Crippen molar-refractivity contribution < 1.29 is 27.4 Å². The molecule has 174 valence electrons. The highest BCUT2D eigenvalue weighted by Gasteiger charge is 2.30. The number of hydrogen-bond donors (Lipinski definition) is 1. The number of amides is 1. The van der Waals surface area contributed by atoms with Crippen LogP contribution >= 0.6 is 0 Å². The van der Waals surface area contributed by atoms with E-state index in [1.54, 1.807) is 25.1 Å². The number of hydrogen-bond acceptors (Lipinski definition) is 6. The van der Waals surface area contributed by atoms with E-state index in [-0.39, 0.29) is 13.2 Å². The van der Waals surface area contributed by atoms with Gasteiger partial charge in [-0.1, -0.05) is 25.5 Å². The summed E-state index contributed by atoms with van der Waals surface area (Å²) >= 11 is 0. The second-order valence-corrected chi connectivity index (χ2v) is 9.46. The zero-order valence-electron chi connectivity index (χ0n) is 18.7. The Morgan fingerprint density at radius 2 is 1.81 bits per heavy atom. The van der Waals surface area contributed by atoms with Gasteiger partial charge in [0, 0.05) is 6.07 Å². The number of nitrogens with one attached hydrogen (secondary N) is 1. The van der Waals surface area contributed by atoms with E-state index in [9.17, 15) is 13.2 Å². The molecule has 0 aromatic heterocycles. The molecule has 1 heterocycles. The number of anilines is 1. The van der Waals surface area contributed by atoms with Crippen LogP contribution < -0.4 is 23.8 Å². The maximum Gasteiger partial charge on any atom is 0.243 e. The second-order valence-electron chi connectivity index (χ2n) is 7.60. The van der Waals surface area contributed by atoms with Crippen molar-refractivity contribution in [3.05, 3.63) is 48.0 Å². The van der Waals surface area contributed by atoms with Crippen LogP contribution in [-0.4, -0.2) is 53.0 Å². The summed E-state index contributed by atoms with van der Waals surface area (Å²) in [4.78, 5) is 12.7. The number of nitrogens with zero attached hydrogens (tertiary/aromatic N) is 1. The molecule has 9 heteroatoms. The van der Waals surface area contributed by atoms with Crippen molar-refractivity contribution in [2.75, 3.05) is 36.9 Å². The van der Waals surface area contributed by atoms with Crippen molar-refractivity contribution in [3.63, 3.8) is 0 Å². The smallest absolute Gasteiger partial charge is 0.243 e. The first kappa shape index (κ1) is 23.7. The summed E-state index contributed by atoms with van der Waals surface area (Å²) in [5.74, 6) is 1.30. The van der Waals surface area contributed by atoms with E-state index in [2.05, 4.69) is 12.2 Å². The third-order valence-corrected chi connectivity index (χ3v) is 6.24. The summed E-state index contributed by atoms with van der Waals surface area (Å²) in [6.45, 7) is 5.01. The molecule has 0 unspecified atom stereocenters. The Morgan fingerprint density at radius 3 is 2.47 bits per heavy atom. The van der Waals surface area contributed by atoms with Crippen LogP contribution in [-0.2, 0) is 21.2 Å². The molecular formula is C23H30N2O6S. The molecule has 2 aromatic carbocycles. The summed E-state index contributed by atoms with van der Waals surface area (Å²) < 4.78 is 42.7. The fourth-order valence-corrected chi connectivity index (χ4v) is 4.68. The standard InChI is InChI=1S/C23H30N2O6S/c1-4-5-18-6-9-20(10-7-18)29-13-12-24-23(26)17(2)25(32(3,27)28)19-8-11-21-22(16-19)31-15-14-30-21/h6-11,16-17H,4-5,12-15H2,1-3H3,(H,24,26)/t17-/m1/s1. The average Bonchev–Trinajstić information content (AvgIpc) is 2.77. The maximum absolute atomic E-state index is 12.7. The Bertz CT molecular complexity index is 1020. The van der Waals surface area contributed by atoms with Crippen LogP contribution in [0, 0.1) is 0 Å². The molecule has 8 nitrogen and oxygen atoms in total. The van der Waals surface area contributed by atoms with Crippen LogP contribution in [0.1, 0.15) is 25.8 Å². The fourth-order valence-electron chi connectivity index (χ4n) is 3.51. The van der Waals surface area contributed by atoms with Crippen molar-refractivity contribution in [1.82, 2.24) is 5.32 Å². The van der Waals surface area contributed by atoms with Crippen LogP contribution in [0.5, 0.6) is 17.2 Å². The van der Waals surface area contributed by atoms with Crippen molar-refractivity contribution in [2.45, 2.75) is 32.7 Å². The number of carbonyl (C=O) groups is 1. The van der Waals surface area contributed by atoms with Gasteiger partial charge >= 0.3 is 0 Å². The minimum absolute atomic E-state index is 0.249. The molecule has 0 radical (unpaired) electrons. The molecule has 1 amide bonds. The quantitative estimate of drug-likeness (QED) is 0.546. The minimum Gasteiger partial charge on any atom is -0.492 e. The lowest BCUT2D eigenvalue weighted by Gasteiger charge is -2.29. The molecule has 0 fully saturated rings. The fraction of sp³-hybridized carbons (Fsp3) is 0.435. The highest BCUT2D eigenvalue weighted by molar-refractivity contribution is 7.92. The summed E-state index contributed by atoms with van der Waals surface area (Å²) in [5.41, 5.74) is 1.59. The van der Waals surface area contributed by atoms with Gasteiger partial charge in [0.1, 0.15) is 31.6 Å². The topological polar surface area (TPSA) is 94.2 Å². The maximum atomic E-state index is 12.7. The van der Waals surface area contributed by atoms with E-state index in [4.69, 9.17) is 14.2 Å². The molecule has 32 heavy (non-hydrogen) atoms. The van der Waals surface area contributed by atoms with Gasteiger partial charge in [-0.15, -0.1) is 0 Å². The molecule has 1 atom stereocenters. The molecular weight excluding hydrogens is 432 g/mol. The molecule has 3 rings (SSSR count). The van der Waals surface area contributed by atoms with E-state index >= 15 is 0 Å². The number of aryl methyl sites for hydroxylation is 1. The number of ether oxygens (including phenoxy) is 3. The molecule has 0 bridgehead atoms. The molecule has 0 saturated heterocycles. The summed E-state index contributed by atoms with van der Waals surface area (Å²) in [7, 11) is -3.73. The van der Waals surface area contributed by atoms with Crippen molar-refractivity contribution in [1.29, 1.82) is 0 Å². The Labute approximate surface area is 189 Å². The second kappa shape index (κ2) is 10.6. The number of carbonyl (C=O) groups excluding carboxylic acids is 1. The third-order valence-electron chi connectivity index (χ3n) is 5.00. The van der Waals surface area contributed by atoms with Crippen LogP contribution in [0.15, 0.2) is 42.5 Å². The highest BCUT2D eigenvalue weighted by atomic mass is 32.2. The van der Waals surface area contributed by atoms with E-state index in [1.165, 1.54) is 5.56 Å². The first-order valence-electron chi connectivity index (χ1n) is 10.7. The largest absolute Gasteiger partial charge is 0.492 e. The van der Waals surface area contributed by atoms with Crippen molar-refractivity contribution >= 4 is 21.6 Å². The molecule has 2 aromatic rings. The van der Waals surface area contributed by atoms with Gasteiger partial charge in [-0.25, -0.2) is 8.42 Å². The van der Waals surface area contributed by atoms with Crippen LogP contribution in [0.25, 0.3) is 0 Å². The van der Waals surface area contributed by atoms with Crippen molar-refractivity contribution in [3.8, 4) is 17.2 Å². The van der Waals surface area contributed by atoms with Crippen molar-refractivity contribution in [2.24, 2.45) is 0 Å². The van der Waals surface area contributed by atoms with E-state index in [1.807, 2.05) is 24.3 Å². The van der Waals surface area contributed by atoms with E-state index in [0.29, 0.717) is 30.4 Å². The normalized spacial score (nSPS) is 13.8. The van der Waals surface area contributed by atoms with Gasteiger partial charge in [-0.3, -0.25) is 9.10 Å². The Balaban J connectivity index is 1.59. The van der Waals surface area contributed by atoms with Gasteiger partial charge in [-0.05, 0) is 43.2 Å². The van der Waals surface area contributed by atoms with Gasteiger partial charge in [0.05, 0.1) is 18.5 Å². The molecule has 1 aliphatic rings. The first-order valence-corrected chi connectivity index (χ1v) is 12.5. The van der Waals surface area contributed by atoms with Gasteiger partial charge in [-0.2, -0.15) is 0 Å². The number of rotatable bonds is 10. The predicted molar refractivity (Wildman–Crippen MR) is 123 cm³/mol. The monoisotopic (exact) mass is 462 g/mol. The van der Waals surface area contributed by atoms with E-state index < -0.39 is 22.0 Å². The van der Waals surface area contributed by atoms with Gasteiger partial charge in [0.15, 0.2) is 11.5 Å². The van der Waals surface area contributed by atoms with Crippen LogP contribution in [0.4, 0.5) is 5.69 Å². The van der Waals surface area contributed by atoms with Gasteiger partial charge in [0.2, 0.25) is 15.9 Å². The lowest BCUT2D eigenvalue weighted by Crippen LogP contribution is -2.48. The summed E-state index contributed by atoms with van der Waals surface area (Å²) in [5, 5.41) is 2.74. The molecule has 0 aliphatic carbocycles. The lowest BCUT2D eigenvalue weighted by atomic mass is 10.1. The zero-order valence-corrected chi connectivity index (χ0v) is 19.5. The van der Waals surface area contributed by atoms with Crippen LogP contribution in [0.3, 0.4) is 0 Å². The van der Waals surface area contributed by atoms with E-state index in [0.717, 1.165) is 29.2 Å². The highest BCUT2D eigenvalue weighted by Crippen LogP contribution is 2.35. The molecule has 0 spiro atoms. The van der Waals surface area contributed by atoms with Crippen LogP contribution in [0.2, 0.25) is 0 Å². The first-order chi connectivity index (χ1) is 15.3. The van der Waals surface area contributed by atoms with Gasteiger partial charge in [0.25, 0.3) is 0 Å². The average molecular weight is 463 g/mol. The Morgan fingerprint density at radius 1 is 1.12 bits per heavy atom. The number of fused-ring (bicyclic) bond motifs is 1. The Hall–Kier alpha value is -2.94. The van der Waals surface area contributed by atoms with Gasteiger partial charge < -0.3 is 19.5 Å². The molecule has 1 N–H and O–H groups in total. The third kappa shape index (κ3) is 6.06. The molecule has 0 saturated carbocycles. The predicted octanol–water partition coefficient (Wildman–Crippen LogP) is 2.76. The zero-order chi connectivity index (χ0) is 23.1. The summed E-state index contributed by atoms with van der Waals surface area (Å²) in [6, 6.07) is 11.7. The minimum atomic E-state index is -3.73. The SMILES string of the molecule is CCCc1ccc(OCCNC(=O)[C@@H](C)N(c2ccc3c(c2)OCCO3)S(C)(=O)=O)cc1. The summed E-state index contributed by atoms with van der Waals surface area (Å²) in [6.07, 6.45) is 3.18. The Kier molecular flexibility index (Phi) is 7.84.